The molecule has 2 N–H and O–H groups in total. The van der Waals surface area contributed by atoms with E-state index in [1.807, 2.05) is 31.2 Å². The lowest BCUT2D eigenvalue weighted by atomic mass is 10.2. The molecule has 2 aromatic heterocycles. The molecule has 0 aliphatic carbocycles. The molecule has 0 unspecified atom stereocenters. The normalized spacial score (nSPS) is 12.3. The second-order valence-electron chi connectivity index (χ2n) is 7.43. The summed E-state index contributed by atoms with van der Waals surface area (Å²) in [5.41, 5.74) is 0.642. The van der Waals surface area contributed by atoms with Crippen LogP contribution in [-0.2, 0) is 20.6 Å². The lowest BCUT2D eigenvalue weighted by molar-refractivity contribution is 0.0935. The van der Waals surface area contributed by atoms with E-state index in [1.54, 1.807) is 11.6 Å². The maximum Gasteiger partial charge on any atom is 0.332 e. The number of unbranched alkanes of at least 4 members (excludes halogenated alkanes) is 1. The summed E-state index contributed by atoms with van der Waals surface area (Å²) < 4.78 is 9.78. The zero-order chi connectivity index (χ0) is 21.8. The number of aromatic nitrogens is 4. The third kappa shape index (κ3) is 4.25. The topological polar surface area (TPSA) is 103 Å². The predicted molar refractivity (Wildman–Crippen MR) is 116 cm³/mol. The Morgan fingerprint density at radius 1 is 1.20 bits per heavy atom. The standard InChI is InChI=1S/C21H29N5O4/c1-5-6-11-22-20-23-18-17(19(28)25(4)21(29)24(18)3)26(20)12-15(27)13-30-16-10-8-7-9-14(16)2/h7-10,15,27H,5-6,11-13H2,1-4H3,(H,22,23)/t15-/m0/s1. The van der Waals surface area contributed by atoms with Crippen LogP contribution in [0.1, 0.15) is 25.3 Å². The lowest BCUT2D eigenvalue weighted by Gasteiger charge is -2.16. The van der Waals surface area contributed by atoms with Crippen molar-refractivity contribution in [2.45, 2.75) is 39.3 Å². The molecular formula is C21H29N5O4. The van der Waals surface area contributed by atoms with Crippen LogP contribution in [0.3, 0.4) is 0 Å². The van der Waals surface area contributed by atoms with Crippen molar-refractivity contribution in [1.82, 2.24) is 18.7 Å². The molecule has 0 amide bonds. The van der Waals surface area contributed by atoms with Crippen LogP contribution < -0.4 is 21.3 Å². The molecule has 0 spiro atoms. The molecule has 0 saturated heterocycles. The number of para-hydroxylation sites is 1. The lowest BCUT2D eigenvalue weighted by Crippen LogP contribution is -2.38. The van der Waals surface area contributed by atoms with E-state index >= 15 is 0 Å². The number of anilines is 1. The summed E-state index contributed by atoms with van der Waals surface area (Å²) in [6.07, 6.45) is 1.05. The number of aryl methyl sites for hydroxylation is 2. The number of aliphatic hydroxyl groups excluding tert-OH is 1. The van der Waals surface area contributed by atoms with Gasteiger partial charge in [0.1, 0.15) is 18.5 Å². The fraction of sp³-hybridized carbons (Fsp3) is 0.476. The fourth-order valence-corrected chi connectivity index (χ4v) is 3.30. The van der Waals surface area contributed by atoms with Crippen molar-refractivity contribution >= 4 is 17.1 Å². The van der Waals surface area contributed by atoms with E-state index in [0.717, 1.165) is 23.0 Å². The van der Waals surface area contributed by atoms with Gasteiger partial charge in [0.15, 0.2) is 11.2 Å². The Morgan fingerprint density at radius 2 is 1.93 bits per heavy atom. The molecule has 2 heterocycles. The smallest absolute Gasteiger partial charge is 0.332 e. The summed E-state index contributed by atoms with van der Waals surface area (Å²) in [6, 6.07) is 7.57. The van der Waals surface area contributed by atoms with Crippen molar-refractivity contribution in [2.24, 2.45) is 14.1 Å². The molecule has 0 fully saturated rings. The summed E-state index contributed by atoms with van der Waals surface area (Å²) in [5, 5.41) is 13.9. The maximum absolute atomic E-state index is 12.8. The van der Waals surface area contributed by atoms with Crippen molar-refractivity contribution in [3.8, 4) is 5.75 Å². The van der Waals surface area contributed by atoms with E-state index in [1.165, 1.54) is 11.6 Å². The average Bonchev–Trinajstić information content (AvgIpc) is 3.08. The van der Waals surface area contributed by atoms with E-state index in [9.17, 15) is 14.7 Å². The second kappa shape index (κ2) is 9.17. The number of ether oxygens (including phenoxy) is 1. The highest BCUT2D eigenvalue weighted by atomic mass is 16.5. The highest BCUT2D eigenvalue weighted by molar-refractivity contribution is 5.74. The molecule has 0 radical (unpaired) electrons. The number of imidazole rings is 1. The van der Waals surface area contributed by atoms with Gasteiger partial charge in [-0.15, -0.1) is 0 Å². The Bertz CT molecular complexity index is 1140. The number of hydrogen-bond donors (Lipinski definition) is 2. The van der Waals surface area contributed by atoms with Gasteiger partial charge >= 0.3 is 5.69 Å². The Labute approximate surface area is 174 Å². The number of fused-ring (bicyclic) bond motifs is 1. The molecule has 0 bridgehead atoms. The molecule has 1 atom stereocenters. The zero-order valence-corrected chi connectivity index (χ0v) is 17.9. The number of hydrogen-bond acceptors (Lipinski definition) is 6. The van der Waals surface area contributed by atoms with E-state index in [4.69, 9.17) is 4.74 Å². The first-order chi connectivity index (χ1) is 14.3. The summed E-state index contributed by atoms with van der Waals surface area (Å²) in [5.74, 6) is 1.15. The summed E-state index contributed by atoms with van der Waals surface area (Å²) in [7, 11) is 3.01. The highest BCUT2D eigenvalue weighted by Crippen LogP contribution is 2.19. The van der Waals surface area contributed by atoms with Gasteiger partial charge in [0, 0.05) is 20.6 Å². The molecule has 3 rings (SSSR count). The molecule has 3 aromatic rings. The summed E-state index contributed by atoms with van der Waals surface area (Å²) in [4.78, 5) is 29.6. The van der Waals surface area contributed by atoms with Crippen LogP contribution in [0.4, 0.5) is 5.95 Å². The van der Waals surface area contributed by atoms with Crippen LogP contribution >= 0.6 is 0 Å². The van der Waals surface area contributed by atoms with Crippen LogP contribution in [-0.4, -0.2) is 43.0 Å². The first-order valence-corrected chi connectivity index (χ1v) is 10.1. The second-order valence-corrected chi connectivity index (χ2v) is 7.43. The van der Waals surface area contributed by atoms with Gasteiger partial charge in [-0.1, -0.05) is 31.5 Å². The van der Waals surface area contributed by atoms with Crippen LogP contribution in [0.15, 0.2) is 33.9 Å². The van der Waals surface area contributed by atoms with E-state index in [0.29, 0.717) is 18.2 Å². The zero-order valence-electron chi connectivity index (χ0n) is 17.9. The van der Waals surface area contributed by atoms with Gasteiger partial charge in [0.25, 0.3) is 5.56 Å². The van der Waals surface area contributed by atoms with Crippen LogP contribution in [0.5, 0.6) is 5.75 Å². The first kappa shape index (κ1) is 21.6. The number of benzene rings is 1. The van der Waals surface area contributed by atoms with Crippen LogP contribution in [0, 0.1) is 6.92 Å². The first-order valence-electron chi connectivity index (χ1n) is 10.1. The van der Waals surface area contributed by atoms with Crippen molar-refractivity contribution in [3.63, 3.8) is 0 Å². The molecule has 9 nitrogen and oxygen atoms in total. The molecule has 0 saturated carbocycles. The molecule has 30 heavy (non-hydrogen) atoms. The van der Waals surface area contributed by atoms with Gasteiger partial charge in [-0.05, 0) is 25.0 Å². The summed E-state index contributed by atoms with van der Waals surface area (Å²) >= 11 is 0. The molecule has 9 heteroatoms. The van der Waals surface area contributed by atoms with Gasteiger partial charge in [-0.3, -0.25) is 13.9 Å². The fourth-order valence-electron chi connectivity index (χ4n) is 3.30. The molecule has 162 valence electrons. The Morgan fingerprint density at radius 3 is 2.63 bits per heavy atom. The van der Waals surface area contributed by atoms with Crippen molar-refractivity contribution in [3.05, 3.63) is 50.7 Å². The highest BCUT2D eigenvalue weighted by Gasteiger charge is 2.21. The predicted octanol–water partition coefficient (Wildman–Crippen LogP) is 1.39. The number of nitrogens with zero attached hydrogens (tertiary/aromatic N) is 4. The molecule has 1 aromatic carbocycles. The quantitative estimate of drug-likeness (QED) is 0.512. The average molecular weight is 415 g/mol. The Balaban J connectivity index is 1.93. The Hall–Kier alpha value is -3.07. The van der Waals surface area contributed by atoms with Crippen LogP contribution in [0.2, 0.25) is 0 Å². The van der Waals surface area contributed by atoms with Crippen molar-refractivity contribution in [2.75, 3.05) is 18.5 Å². The number of rotatable bonds is 9. The van der Waals surface area contributed by atoms with Gasteiger partial charge in [-0.25, -0.2) is 4.79 Å². The monoisotopic (exact) mass is 415 g/mol. The SMILES string of the molecule is CCCCNc1nc2c(c(=O)n(C)c(=O)n2C)n1C[C@H](O)COc1ccccc1C. The van der Waals surface area contributed by atoms with Crippen molar-refractivity contribution < 1.29 is 9.84 Å². The number of aliphatic hydroxyl groups is 1. The largest absolute Gasteiger partial charge is 0.491 e. The van der Waals surface area contributed by atoms with E-state index in [-0.39, 0.29) is 24.3 Å². The molecular weight excluding hydrogens is 386 g/mol. The number of nitrogens with one attached hydrogen (secondary N) is 1. The van der Waals surface area contributed by atoms with Gasteiger partial charge in [-0.2, -0.15) is 4.98 Å². The molecule has 0 aliphatic rings. The van der Waals surface area contributed by atoms with Crippen LogP contribution in [0.25, 0.3) is 11.2 Å². The van der Waals surface area contributed by atoms with Gasteiger partial charge < -0.3 is 19.7 Å². The van der Waals surface area contributed by atoms with E-state index < -0.39 is 17.4 Å². The summed E-state index contributed by atoms with van der Waals surface area (Å²) in [6.45, 7) is 4.85. The third-order valence-corrected chi connectivity index (χ3v) is 5.08. The van der Waals surface area contributed by atoms with Gasteiger partial charge in [0.05, 0.1) is 6.54 Å². The minimum Gasteiger partial charge on any atom is -0.491 e. The van der Waals surface area contributed by atoms with Crippen molar-refractivity contribution in [1.29, 1.82) is 0 Å². The molecule has 0 aliphatic heterocycles. The minimum atomic E-state index is -0.879. The third-order valence-electron chi connectivity index (χ3n) is 5.08. The Kier molecular flexibility index (Phi) is 6.61. The maximum atomic E-state index is 12.8. The van der Waals surface area contributed by atoms with Gasteiger partial charge in [0.2, 0.25) is 5.95 Å². The minimum absolute atomic E-state index is 0.0605. The van der Waals surface area contributed by atoms with E-state index in [2.05, 4.69) is 17.2 Å².